The minimum Gasteiger partial charge on any atom is -0.479 e. The van der Waals surface area contributed by atoms with Crippen molar-refractivity contribution in [2.75, 3.05) is 0 Å². The summed E-state index contributed by atoms with van der Waals surface area (Å²) >= 11 is 15.2. The largest absolute Gasteiger partial charge is 0.479 e. The molecule has 0 heterocycles. The SMILES string of the molecule is CC(Oc1ccc(Cl)cc1Cl)C(=O)N/N=C/c1cccc(Br)c1. The zero-order valence-electron chi connectivity index (χ0n) is 12.1. The molecule has 0 bridgehead atoms. The number of carbonyl (C=O) groups is 1. The fraction of sp³-hybridized carbons (Fsp3) is 0.125. The lowest BCUT2D eigenvalue weighted by atomic mass is 10.2. The van der Waals surface area contributed by atoms with Gasteiger partial charge in [0.2, 0.25) is 0 Å². The van der Waals surface area contributed by atoms with E-state index < -0.39 is 6.10 Å². The van der Waals surface area contributed by atoms with Gasteiger partial charge in [-0.1, -0.05) is 51.3 Å². The summed E-state index contributed by atoms with van der Waals surface area (Å²) < 4.78 is 6.43. The van der Waals surface area contributed by atoms with E-state index in [0.29, 0.717) is 15.8 Å². The highest BCUT2D eigenvalue weighted by atomic mass is 79.9. The van der Waals surface area contributed by atoms with E-state index in [2.05, 4.69) is 26.5 Å². The first-order valence-electron chi connectivity index (χ1n) is 6.66. The summed E-state index contributed by atoms with van der Waals surface area (Å²) in [6.07, 6.45) is 0.790. The minimum atomic E-state index is -0.756. The van der Waals surface area contributed by atoms with Crippen LogP contribution in [0.25, 0.3) is 0 Å². The zero-order valence-corrected chi connectivity index (χ0v) is 15.2. The highest BCUT2D eigenvalue weighted by Crippen LogP contribution is 2.28. The Kier molecular flexibility index (Phi) is 6.45. The maximum Gasteiger partial charge on any atom is 0.280 e. The van der Waals surface area contributed by atoms with Crippen LogP contribution in [-0.2, 0) is 4.79 Å². The molecule has 2 aromatic rings. The fourth-order valence-electron chi connectivity index (χ4n) is 1.66. The minimum absolute atomic E-state index is 0.342. The van der Waals surface area contributed by atoms with Gasteiger partial charge in [0.25, 0.3) is 5.91 Å². The molecule has 0 aliphatic heterocycles. The molecule has 0 saturated carbocycles. The Hall–Kier alpha value is -1.56. The van der Waals surface area contributed by atoms with E-state index in [9.17, 15) is 4.79 Å². The summed E-state index contributed by atoms with van der Waals surface area (Å²) in [7, 11) is 0. The molecule has 0 spiro atoms. The van der Waals surface area contributed by atoms with Gasteiger partial charge in [-0.15, -0.1) is 0 Å². The van der Waals surface area contributed by atoms with E-state index in [1.165, 1.54) is 0 Å². The number of carbonyl (C=O) groups excluding carboxylic acids is 1. The molecule has 1 amide bonds. The van der Waals surface area contributed by atoms with E-state index in [-0.39, 0.29) is 5.91 Å². The first-order chi connectivity index (χ1) is 11.0. The van der Waals surface area contributed by atoms with Crippen molar-refractivity contribution in [2.45, 2.75) is 13.0 Å². The van der Waals surface area contributed by atoms with Crippen LogP contribution in [0.5, 0.6) is 5.75 Å². The van der Waals surface area contributed by atoms with Gasteiger partial charge < -0.3 is 4.74 Å². The lowest BCUT2D eigenvalue weighted by Crippen LogP contribution is -2.33. The first-order valence-corrected chi connectivity index (χ1v) is 8.21. The molecule has 23 heavy (non-hydrogen) atoms. The van der Waals surface area contributed by atoms with Crippen molar-refractivity contribution in [3.05, 3.63) is 62.5 Å². The van der Waals surface area contributed by atoms with Crippen molar-refractivity contribution in [1.29, 1.82) is 0 Å². The number of nitrogens with zero attached hydrogens (tertiary/aromatic N) is 1. The predicted octanol–water partition coefficient (Wildman–Crippen LogP) is 4.67. The molecule has 120 valence electrons. The molecule has 0 saturated heterocycles. The number of benzene rings is 2. The molecule has 0 aliphatic rings. The molecular weight excluding hydrogens is 403 g/mol. The summed E-state index contributed by atoms with van der Waals surface area (Å²) in [6.45, 7) is 1.61. The van der Waals surface area contributed by atoms with Crippen molar-refractivity contribution in [3.8, 4) is 5.75 Å². The fourth-order valence-corrected chi connectivity index (χ4v) is 2.53. The maximum absolute atomic E-state index is 12.0. The van der Waals surface area contributed by atoms with Crippen LogP contribution in [0, 0.1) is 0 Å². The van der Waals surface area contributed by atoms with Crippen LogP contribution >= 0.6 is 39.1 Å². The third kappa shape index (κ3) is 5.53. The van der Waals surface area contributed by atoms with E-state index in [4.69, 9.17) is 27.9 Å². The van der Waals surface area contributed by atoms with Gasteiger partial charge >= 0.3 is 0 Å². The Morgan fingerprint density at radius 3 is 2.78 bits per heavy atom. The van der Waals surface area contributed by atoms with Crippen LogP contribution in [-0.4, -0.2) is 18.2 Å². The Bertz CT molecular complexity index is 738. The number of hydrogen-bond acceptors (Lipinski definition) is 3. The summed E-state index contributed by atoms with van der Waals surface area (Å²) in [5.74, 6) is -0.00282. The molecule has 7 heteroatoms. The Morgan fingerprint density at radius 2 is 2.09 bits per heavy atom. The van der Waals surface area contributed by atoms with Gasteiger partial charge in [0.15, 0.2) is 6.10 Å². The van der Waals surface area contributed by atoms with Gasteiger partial charge in [0.1, 0.15) is 5.75 Å². The molecule has 0 radical (unpaired) electrons. The number of rotatable bonds is 5. The van der Waals surface area contributed by atoms with Crippen molar-refractivity contribution in [2.24, 2.45) is 5.10 Å². The number of hydrazone groups is 1. The Morgan fingerprint density at radius 1 is 1.30 bits per heavy atom. The van der Waals surface area contributed by atoms with E-state index in [0.717, 1.165) is 10.0 Å². The van der Waals surface area contributed by atoms with Gasteiger partial charge in [-0.2, -0.15) is 5.10 Å². The molecule has 1 N–H and O–H groups in total. The number of amides is 1. The lowest BCUT2D eigenvalue weighted by molar-refractivity contribution is -0.127. The molecule has 1 unspecified atom stereocenters. The third-order valence-electron chi connectivity index (χ3n) is 2.80. The average molecular weight is 416 g/mol. The van der Waals surface area contributed by atoms with E-state index in [1.54, 1.807) is 31.3 Å². The van der Waals surface area contributed by atoms with Crippen LogP contribution in [0.1, 0.15) is 12.5 Å². The van der Waals surface area contributed by atoms with Gasteiger partial charge in [-0.3, -0.25) is 4.79 Å². The normalized spacial score (nSPS) is 12.2. The number of halogens is 3. The summed E-state index contributed by atoms with van der Waals surface area (Å²) in [5, 5.41) is 4.74. The molecular formula is C16H13BrCl2N2O2. The first kappa shape index (κ1) is 17.8. The van der Waals surface area contributed by atoms with E-state index >= 15 is 0 Å². The Balaban J connectivity index is 1.92. The van der Waals surface area contributed by atoms with Crippen molar-refractivity contribution in [3.63, 3.8) is 0 Å². The molecule has 1 atom stereocenters. The predicted molar refractivity (Wildman–Crippen MR) is 96.4 cm³/mol. The van der Waals surface area contributed by atoms with Crippen molar-refractivity contribution >= 4 is 51.3 Å². The van der Waals surface area contributed by atoms with Crippen LogP contribution in [0.2, 0.25) is 10.0 Å². The molecule has 0 aromatic heterocycles. The highest BCUT2D eigenvalue weighted by molar-refractivity contribution is 9.10. The zero-order chi connectivity index (χ0) is 16.8. The molecule has 0 aliphatic carbocycles. The van der Waals surface area contributed by atoms with Gasteiger partial charge in [-0.25, -0.2) is 5.43 Å². The van der Waals surface area contributed by atoms with Gasteiger partial charge in [-0.05, 0) is 42.8 Å². The monoisotopic (exact) mass is 414 g/mol. The summed E-state index contributed by atoms with van der Waals surface area (Å²) in [5.41, 5.74) is 3.28. The number of ether oxygens (including phenoxy) is 1. The topological polar surface area (TPSA) is 50.7 Å². The van der Waals surface area contributed by atoms with Gasteiger partial charge in [0, 0.05) is 9.50 Å². The third-order valence-corrected chi connectivity index (χ3v) is 3.83. The van der Waals surface area contributed by atoms with Crippen LogP contribution in [0.4, 0.5) is 0 Å². The second-order valence-electron chi connectivity index (χ2n) is 4.62. The summed E-state index contributed by atoms with van der Waals surface area (Å²) in [6, 6.07) is 12.3. The van der Waals surface area contributed by atoms with Crippen LogP contribution < -0.4 is 10.2 Å². The smallest absolute Gasteiger partial charge is 0.280 e. The average Bonchev–Trinajstić information content (AvgIpc) is 2.50. The van der Waals surface area contributed by atoms with Crippen molar-refractivity contribution < 1.29 is 9.53 Å². The number of nitrogens with one attached hydrogen (secondary N) is 1. The highest BCUT2D eigenvalue weighted by Gasteiger charge is 2.15. The van der Waals surface area contributed by atoms with E-state index in [1.807, 2.05) is 24.3 Å². The van der Waals surface area contributed by atoms with Crippen LogP contribution in [0.3, 0.4) is 0 Å². The molecule has 4 nitrogen and oxygen atoms in total. The lowest BCUT2D eigenvalue weighted by Gasteiger charge is -2.14. The second-order valence-corrected chi connectivity index (χ2v) is 6.38. The molecule has 2 aromatic carbocycles. The summed E-state index contributed by atoms with van der Waals surface area (Å²) in [4.78, 5) is 12.0. The van der Waals surface area contributed by atoms with Crippen molar-refractivity contribution in [1.82, 2.24) is 5.43 Å². The Labute approximate surface area is 152 Å². The standard InChI is InChI=1S/C16H13BrCl2N2O2/c1-10(23-15-6-5-13(18)8-14(15)19)16(22)21-20-9-11-3-2-4-12(17)7-11/h2-10H,1H3,(H,21,22)/b20-9+. The molecule has 2 rings (SSSR count). The quantitative estimate of drug-likeness (QED) is 0.569. The second kappa shape index (κ2) is 8.34. The molecule has 0 fully saturated rings. The maximum atomic E-state index is 12.0. The number of hydrogen-bond donors (Lipinski definition) is 1. The van der Waals surface area contributed by atoms with Crippen LogP contribution in [0.15, 0.2) is 52.0 Å². The van der Waals surface area contributed by atoms with Gasteiger partial charge in [0.05, 0.1) is 11.2 Å².